The van der Waals surface area contributed by atoms with E-state index < -0.39 is 0 Å². The Kier molecular flexibility index (Phi) is 69.2. The Hall–Kier alpha value is 1.48. The Balaban J connectivity index is -0.0000000297. The Bertz CT molecular complexity index is 46.3. The molecule has 80 valence electrons. The van der Waals surface area contributed by atoms with Crippen molar-refractivity contribution < 1.29 is 73.2 Å². The first-order valence-electron chi connectivity index (χ1n) is 4.18. The van der Waals surface area contributed by atoms with Crippen molar-refractivity contribution in [3.05, 3.63) is 0 Å². The van der Waals surface area contributed by atoms with Crippen molar-refractivity contribution in [3.8, 4) is 0 Å². The van der Waals surface area contributed by atoms with Crippen molar-refractivity contribution in [2.75, 3.05) is 26.4 Å². The molecule has 0 rings (SSSR count). The molecule has 0 unspecified atom stereocenters. The summed E-state index contributed by atoms with van der Waals surface area (Å²) in [6.07, 6.45) is 1.44. The van der Waals surface area contributed by atoms with Gasteiger partial charge in [0.25, 0.3) is 0 Å². The molecule has 0 spiro atoms. The predicted octanol–water partition coefficient (Wildman–Crippen LogP) is -3.14. The number of aliphatic hydroxyl groups is 4. The van der Waals surface area contributed by atoms with Crippen LogP contribution in [-0.4, -0.2) is 46.9 Å². The van der Waals surface area contributed by atoms with Crippen molar-refractivity contribution in [2.24, 2.45) is 0 Å². The summed E-state index contributed by atoms with van der Waals surface area (Å²) in [7, 11) is 0. The maximum atomic E-state index is 8.09. The van der Waals surface area contributed by atoms with Crippen LogP contribution < -0.4 is 51.4 Å². The molecule has 4 N–H and O–H groups in total. The van der Waals surface area contributed by atoms with E-state index in [1.165, 1.54) is 0 Å². The standard InChI is InChI=1S/C4H10O2.2C2H6O.K.H/c5-3-1-2-4-6;2*1-2-3;;/h5-6H,1-4H2;2*3H,2H2,1H3;;/q;;;+1;-1. The number of hydrogen-bond acceptors (Lipinski definition) is 4. The van der Waals surface area contributed by atoms with E-state index in [-0.39, 0.29) is 79.2 Å². The second-order valence-corrected chi connectivity index (χ2v) is 1.79. The van der Waals surface area contributed by atoms with E-state index in [1.807, 2.05) is 0 Å². The average Bonchev–Trinajstić information content (AvgIpc) is 2.04. The van der Waals surface area contributed by atoms with Gasteiger partial charge >= 0.3 is 51.4 Å². The molecule has 0 aromatic carbocycles. The van der Waals surface area contributed by atoms with Gasteiger partial charge in [-0.05, 0) is 26.7 Å². The Morgan fingerprint density at radius 3 is 1.00 bits per heavy atom. The fourth-order valence-electron chi connectivity index (χ4n) is 0.224. The van der Waals surface area contributed by atoms with Gasteiger partial charge in [-0.25, -0.2) is 0 Å². The summed E-state index contributed by atoms with van der Waals surface area (Å²) in [5.41, 5.74) is 0. The van der Waals surface area contributed by atoms with Gasteiger partial charge < -0.3 is 21.9 Å². The zero-order chi connectivity index (χ0) is 10.2. The van der Waals surface area contributed by atoms with Crippen LogP contribution in [0, 0.1) is 0 Å². The van der Waals surface area contributed by atoms with Crippen molar-refractivity contribution >= 4 is 0 Å². The van der Waals surface area contributed by atoms with Crippen LogP contribution in [0.15, 0.2) is 0 Å². The Morgan fingerprint density at radius 2 is 0.923 bits per heavy atom. The number of rotatable bonds is 3. The molecule has 0 aromatic rings. The normalized spacial score (nSPS) is 6.92. The fraction of sp³-hybridized carbons (Fsp3) is 1.00. The third kappa shape index (κ3) is 88.6. The van der Waals surface area contributed by atoms with Crippen molar-refractivity contribution in [3.63, 3.8) is 0 Å². The minimum atomic E-state index is 0. The molecule has 0 aromatic heterocycles. The molecule has 5 heteroatoms. The van der Waals surface area contributed by atoms with Crippen molar-refractivity contribution in [1.82, 2.24) is 0 Å². The molecule has 0 aliphatic heterocycles. The Morgan fingerprint density at radius 1 is 0.769 bits per heavy atom. The van der Waals surface area contributed by atoms with E-state index in [0.717, 1.165) is 12.8 Å². The van der Waals surface area contributed by atoms with E-state index in [4.69, 9.17) is 20.4 Å². The van der Waals surface area contributed by atoms with Crippen LogP contribution in [0.2, 0.25) is 0 Å². The first-order chi connectivity index (χ1) is 5.74. The third-order valence-electron chi connectivity index (χ3n) is 0.566. The zero-order valence-electron chi connectivity index (χ0n) is 10.0. The molecule has 0 aliphatic rings. The molecule has 13 heavy (non-hydrogen) atoms. The molecule has 0 aliphatic carbocycles. The van der Waals surface area contributed by atoms with Gasteiger partial charge in [0.15, 0.2) is 0 Å². The van der Waals surface area contributed by atoms with Gasteiger partial charge in [-0.2, -0.15) is 0 Å². The molecule has 4 nitrogen and oxygen atoms in total. The van der Waals surface area contributed by atoms with E-state index in [2.05, 4.69) is 0 Å². The first kappa shape index (κ1) is 24.0. The zero-order valence-corrected chi connectivity index (χ0v) is 12.2. The molecule has 0 bridgehead atoms. The van der Waals surface area contributed by atoms with Gasteiger partial charge in [0.05, 0.1) is 0 Å². The van der Waals surface area contributed by atoms with Crippen LogP contribution >= 0.6 is 0 Å². The molecule has 0 radical (unpaired) electrons. The van der Waals surface area contributed by atoms with Crippen LogP contribution in [0.25, 0.3) is 0 Å². The summed E-state index contributed by atoms with van der Waals surface area (Å²) in [4.78, 5) is 0. The maximum absolute atomic E-state index is 8.09. The van der Waals surface area contributed by atoms with Gasteiger partial charge in [0, 0.05) is 26.4 Å². The number of unbranched alkanes of at least 4 members (excludes halogenated alkanes) is 1. The van der Waals surface area contributed by atoms with E-state index in [0.29, 0.717) is 0 Å². The average molecular weight is 222 g/mol. The number of aliphatic hydroxyl groups excluding tert-OH is 4. The van der Waals surface area contributed by atoms with E-state index in [9.17, 15) is 0 Å². The van der Waals surface area contributed by atoms with Gasteiger partial charge in [-0.15, -0.1) is 0 Å². The molecule has 0 fully saturated rings. The van der Waals surface area contributed by atoms with Crippen molar-refractivity contribution in [2.45, 2.75) is 26.7 Å². The second kappa shape index (κ2) is 37.5. The minimum absolute atomic E-state index is 0. The summed E-state index contributed by atoms with van der Waals surface area (Å²) in [5.74, 6) is 0. The second-order valence-electron chi connectivity index (χ2n) is 1.79. The van der Waals surface area contributed by atoms with E-state index >= 15 is 0 Å². The SMILES string of the molecule is CCO.CCO.OCCCCO.[H-].[K+]. The van der Waals surface area contributed by atoms with Gasteiger partial charge in [0.2, 0.25) is 0 Å². The van der Waals surface area contributed by atoms with Gasteiger partial charge in [-0.1, -0.05) is 0 Å². The maximum Gasteiger partial charge on any atom is 1.00 e. The molecule has 0 heterocycles. The van der Waals surface area contributed by atoms with Crippen LogP contribution in [0.3, 0.4) is 0 Å². The smallest absolute Gasteiger partial charge is 1.00 e. The molecule has 0 saturated heterocycles. The number of hydrogen-bond donors (Lipinski definition) is 4. The first-order valence-corrected chi connectivity index (χ1v) is 4.18. The third-order valence-corrected chi connectivity index (χ3v) is 0.566. The predicted molar refractivity (Wildman–Crippen MR) is 50.0 cm³/mol. The summed E-state index contributed by atoms with van der Waals surface area (Å²) in [6.45, 7) is 4.25. The fourth-order valence-corrected chi connectivity index (χ4v) is 0.224. The van der Waals surface area contributed by atoms with Crippen LogP contribution in [0.1, 0.15) is 28.1 Å². The van der Waals surface area contributed by atoms with Crippen molar-refractivity contribution in [1.29, 1.82) is 0 Å². The minimum Gasteiger partial charge on any atom is -1.00 e. The van der Waals surface area contributed by atoms with E-state index in [1.54, 1.807) is 13.8 Å². The van der Waals surface area contributed by atoms with Crippen LogP contribution in [-0.2, 0) is 0 Å². The van der Waals surface area contributed by atoms with Gasteiger partial charge in [0.1, 0.15) is 0 Å². The monoisotopic (exact) mass is 222 g/mol. The van der Waals surface area contributed by atoms with Crippen LogP contribution in [0.5, 0.6) is 0 Å². The van der Waals surface area contributed by atoms with Gasteiger partial charge in [-0.3, -0.25) is 0 Å². The summed E-state index contributed by atoms with van der Waals surface area (Å²) < 4.78 is 0. The Labute approximate surface area is 125 Å². The topological polar surface area (TPSA) is 80.9 Å². The largest absolute Gasteiger partial charge is 1.00 e. The molecule has 0 saturated carbocycles. The molecular weight excluding hydrogens is 199 g/mol. The summed E-state index contributed by atoms with van der Waals surface area (Å²) in [6, 6.07) is 0. The summed E-state index contributed by atoms with van der Waals surface area (Å²) >= 11 is 0. The quantitative estimate of drug-likeness (QED) is 0.301. The van der Waals surface area contributed by atoms with Crippen LogP contribution in [0.4, 0.5) is 0 Å². The molecule has 0 amide bonds. The summed E-state index contributed by atoms with van der Waals surface area (Å²) in [5, 5.41) is 31.3. The molecule has 0 atom stereocenters. The molecular formula is C8H23KO4.